The van der Waals surface area contributed by atoms with Crippen molar-refractivity contribution in [3.8, 4) is 0 Å². The Hall–Kier alpha value is -1.29. The molecule has 2 N–H and O–H groups in total. The highest BCUT2D eigenvalue weighted by molar-refractivity contribution is 5.50. The number of nitrogens with two attached hydrogens (primary N) is 1. The molecule has 1 unspecified atom stereocenters. The monoisotopic (exact) mass is 243 g/mol. The first-order chi connectivity index (χ1) is 7.93. The average Bonchev–Trinajstić information content (AvgIpc) is 2.27. The van der Waals surface area contributed by atoms with Gasteiger partial charge in [-0.15, -0.1) is 0 Å². The topological polar surface area (TPSA) is 26.0 Å². The van der Waals surface area contributed by atoms with Crippen LogP contribution in [0, 0.1) is 0 Å². The molecule has 17 heavy (non-hydrogen) atoms. The summed E-state index contributed by atoms with van der Waals surface area (Å²) in [5, 5.41) is 0. The summed E-state index contributed by atoms with van der Waals surface area (Å²) in [5.41, 5.74) is 6.88. The molecule has 0 bridgehead atoms. The van der Waals surface area contributed by atoms with Gasteiger partial charge in [0, 0.05) is 0 Å². The van der Waals surface area contributed by atoms with Crippen molar-refractivity contribution in [1.82, 2.24) is 0 Å². The van der Waals surface area contributed by atoms with Crippen molar-refractivity contribution in [3.63, 3.8) is 0 Å². The van der Waals surface area contributed by atoms with Gasteiger partial charge < -0.3 is 5.73 Å². The van der Waals surface area contributed by atoms with Crippen LogP contribution in [0.1, 0.15) is 24.5 Å². The quantitative estimate of drug-likeness (QED) is 0.860. The van der Waals surface area contributed by atoms with Gasteiger partial charge in [-0.3, -0.25) is 0 Å². The molecule has 0 saturated carbocycles. The van der Waals surface area contributed by atoms with E-state index in [0.29, 0.717) is 0 Å². The lowest BCUT2D eigenvalue weighted by Gasteiger charge is -2.10. The van der Waals surface area contributed by atoms with Crippen LogP contribution in [0.5, 0.6) is 0 Å². The van der Waals surface area contributed by atoms with Crippen LogP contribution in [0.4, 0.5) is 13.2 Å². The lowest BCUT2D eigenvalue weighted by atomic mass is 10.1. The normalized spacial score (nSPS) is 14.2. The van der Waals surface area contributed by atoms with Crippen molar-refractivity contribution in [2.45, 2.75) is 32.0 Å². The first-order valence-electron chi connectivity index (χ1n) is 5.53. The van der Waals surface area contributed by atoms with Crippen LogP contribution in [0.3, 0.4) is 0 Å². The Bertz CT molecular complexity index is 365. The van der Waals surface area contributed by atoms with Crippen molar-refractivity contribution in [2.75, 3.05) is 0 Å². The fraction of sp³-hybridized carbons (Fsp3) is 0.385. The average molecular weight is 243 g/mol. The third-order valence-corrected chi connectivity index (χ3v) is 2.39. The number of rotatable bonds is 4. The Morgan fingerprint density at radius 1 is 1.24 bits per heavy atom. The van der Waals surface area contributed by atoms with Gasteiger partial charge >= 0.3 is 6.18 Å². The standard InChI is InChI=1S/C13H16F3N/c1-2-3-10-4-6-11(7-5-10)8-9-12(17)13(14,15)16/h4-9,12H,2-3,17H2,1H3. The fourth-order valence-corrected chi connectivity index (χ4v) is 1.41. The molecular weight excluding hydrogens is 227 g/mol. The van der Waals surface area contributed by atoms with Crippen LogP contribution >= 0.6 is 0 Å². The molecule has 1 aromatic carbocycles. The Labute approximate surface area is 99.1 Å². The van der Waals surface area contributed by atoms with E-state index in [1.165, 1.54) is 11.6 Å². The second kappa shape index (κ2) is 5.87. The molecule has 94 valence electrons. The zero-order chi connectivity index (χ0) is 12.9. The Morgan fingerprint density at radius 3 is 2.29 bits per heavy atom. The number of aryl methyl sites for hydroxylation is 1. The van der Waals surface area contributed by atoms with E-state index in [1.807, 2.05) is 12.1 Å². The minimum Gasteiger partial charge on any atom is -0.317 e. The van der Waals surface area contributed by atoms with Crippen molar-refractivity contribution in [3.05, 3.63) is 41.5 Å². The molecule has 0 amide bonds. The summed E-state index contributed by atoms with van der Waals surface area (Å²) >= 11 is 0. The predicted molar refractivity (Wildman–Crippen MR) is 63.5 cm³/mol. The number of benzene rings is 1. The van der Waals surface area contributed by atoms with Gasteiger partial charge in [-0.25, -0.2) is 0 Å². The van der Waals surface area contributed by atoms with Gasteiger partial charge in [0.2, 0.25) is 0 Å². The van der Waals surface area contributed by atoms with Gasteiger partial charge in [-0.1, -0.05) is 49.8 Å². The van der Waals surface area contributed by atoms with E-state index in [9.17, 15) is 13.2 Å². The molecule has 0 heterocycles. The molecule has 4 heteroatoms. The van der Waals surface area contributed by atoms with E-state index in [2.05, 4.69) is 6.92 Å². The van der Waals surface area contributed by atoms with Gasteiger partial charge in [0.25, 0.3) is 0 Å². The van der Waals surface area contributed by atoms with Crippen LogP contribution in [0.25, 0.3) is 6.08 Å². The molecule has 1 atom stereocenters. The van der Waals surface area contributed by atoms with Gasteiger partial charge in [0.15, 0.2) is 0 Å². The van der Waals surface area contributed by atoms with E-state index in [0.717, 1.165) is 24.5 Å². The maximum Gasteiger partial charge on any atom is 0.407 e. The first-order valence-corrected chi connectivity index (χ1v) is 5.53. The summed E-state index contributed by atoms with van der Waals surface area (Å²) in [6.45, 7) is 2.08. The van der Waals surface area contributed by atoms with Crippen LogP contribution in [0.15, 0.2) is 30.3 Å². The second-order valence-electron chi connectivity index (χ2n) is 3.92. The Morgan fingerprint density at radius 2 is 1.82 bits per heavy atom. The lowest BCUT2D eigenvalue weighted by Crippen LogP contribution is -2.35. The van der Waals surface area contributed by atoms with E-state index >= 15 is 0 Å². The summed E-state index contributed by atoms with van der Waals surface area (Å²) in [7, 11) is 0. The number of hydrogen-bond acceptors (Lipinski definition) is 1. The number of hydrogen-bond donors (Lipinski definition) is 1. The van der Waals surface area contributed by atoms with E-state index in [4.69, 9.17) is 5.73 Å². The zero-order valence-electron chi connectivity index (χ0n) is 9.67. The minimum atomic E-state index is -4.38. The molecule has 0 fully saturated rings. The van der Waals surface area contributed by atoms with Crippen molar-refractivity contribution in [1.29, 1.82) is 0 Å². The van der Waals surface area contributed by atoms with Crippen molar-refractivity contribution >= 4 is 6.08 Å². The molecule has 0 radical (unpaired) electrons. The predicted octanol–water partition coefficient (Wildman–Crippen LogP) is 3.54. The van der Waals surface area contributed by atoms with Crippen molar-refractivity contribution in [2.24, 2.45) is 5.73 Å². The summed E-state index contributed by atoms with van der Waals surface area (Å²) < 4.78 is 36.4. The maximum absolute atomic E-state index is 12.1. The molecular formula is C13H16F3N. The number of halogens is 3. The maximum atomic E-state index is 12.1. The molecule has 0 saturated heterocycles. The highest BCUT2D eigenvalue weighted by Gasteiger charge is 2.34. The van der Waals surface area contributed by atoms with Gasteiger partial charge in [0.05, 0.1) is 0 Å². The largest absolute Gasteiger partial charge is 0.407 e. The van der Waals surface area contributed by atoms with Gasteiger partial charge in [-0.05, 0) is 17.5 Å². The van der Waals surface area contributed by atoms with Crippen LogP contribution in [-0.2, 0) is 6.42 Å². The van der Waals surface area contributed by atoms with E-state index in [-0.39, 0.29) is 0 Å². The van der Waals surface area contributed by atoms with Crippen molar-refractivity contribution < 1.29 is 13.2 Å². The van der Waals surface area contributed by atoms with Gasteiger partial charge in [0.1, 0.15) is 6.04 Å². The molecule has 1 nitrogen and oxygen atoms in total. The fourth-order valence-electron chi connectivity index (χ4n) is 1.41. The number of alkyl halides is 3. The molecule has 0 aromatic heterocycles. The highest BCUT2D eigenvalue weighted by atomic mass is 19.4. The van der Waals surface area contributed by atoms with E-state index < -0.39 is 12.2 Å². The van der Waals surface area contributed by atoms with Crippen LogP contribution in [-0.4, -0.2) is 12.2 Å². The smallest absolute Gasteiger partial charge is 0.317 e. The summed E-state index contributed by atoms with van der Waals surface area (Å²) in [6.07, 6.45) is 0.0154. The Kier molecular flexibility index (Phi) is 4.75. The Balaban J connectivity index is 2.66. The third kappa shape index (κ3) is 4.61. The SMILES string of the molecule is CCCc1ccc(C=CC(N)C(F)(F)F)cc1. The summed E-state index contributed by atoms with van der Waals surface area (Å²) in [6, 6.07) is 5.53. The molecule has 0 aliphatic heterocycles. The molecule has 0 aliphatic rings. The first kappa shape index (κ1) is 13.8. The minimum absolute atomic E-state index is 0.726. The highest BCUT2D eigenvalue weighted by Crippen LogP contribution is 2.20. The molecule has 0 spiro atoms. The molecule has 1 rings (SSSR count). The third-order valence-electron chi connectivity index (χ3n) is 2.39. The molecule has 1 aromatic rings. The van der Waals surface area contributed by atoms with Crippen LogP contribution in [0.2, 0.25) is 0 Å². The van der Waals surface area contributed by atoms with Gasteiger partial charge in [-0.2, -0.15) is 13.2 Å². The summed E-state index contributed by atoms with van der Waals surface area (Å²) in [5.74, 6) is 0. The molecule has 0 aliphatic carbocycles. The zero-order valence-corrected chi connectivity index (χ0v) is 9.67. The second-order valence-corrected chi connectivity index (χ2v) is 3.92. The lowest BCUT2D eigenvalue weighted by molar-refractivity contribution is -0.136. The van der Waals surface area contributed by atoms with Crippen LogP contribution < -0.4 is 5.73 Å². The van der Waals surface area contributed by atoms with E-state index in [1.54, 1.807) is 12.1 Å². The summed E-state index contributed by atoms with van der Waals surface area (Å²) in [4.78, 5) is 0.